The lowest BCUT2D eigenvalue weighted by atomic mass is 10.1. The number of hydrogen-bond acceptors (Lipinski definition) is 5. The Morgan fingerprint density at radius 2 is 2.00 bits per heavy atom. The third kappa shape index (κ3) is 5.45. The third-order valence-electron chi connectivity index (χ3n) is 4.75. The number of aromatic nitrogens is 1. The van der Waals surface area contributed by atoms with Gasteiger partial charge in [0.1, 0.15) is 0 Å². The monoisotopic (exact) mass is 400 g/mol. The number of unbranched alkanes of at least 4 members (excludes halogenated alkanes) is 1. The van der Waals surface area contributed by atoms with Crippen LogP contribution in [0.15, 0.2) is 40.8 Å². The normalized spacial score (nSPS) is 15.0. The van der Waals surface area contributed by atoms with E-state index in [0.717, 1.165) is 49.7 Å². The number of aliphatic imine (C=N–C) groups is 1. The summed E-state index contributed by atoms with van der Waals surface area (Å²) in [6, 6.07) is 7.56. The van der Waals surface area contributed by atoms with Gasteiger partial charge in [-0.3, -0.25) is 4.79 Å². The number of piperazine rings is 1. The van der Waals surface area contributed by atoms with Gasteiger partial charge in [0.25, 0.3) is 5.91 Å². The average Bonchev–Trinajstić information content (AvgIpc) is 3.27. The van der Waals surface area contributed by atoms with E-state index in [9.17, 15) is 4.79 Å². The lowest BCUT2D eigenvalue weighted by Crippen LogP contribution is -2.51. The third-order valence-corrected chi connectivity index (χ3v) is 5.58. The van der Waals surface area contributed by atoms with Crippen molar-refractivity contribution in [3.63, 3.8) is 0 Å². The van der Waals surface area contributed by atoms with Gasteiger partial charge in [-0.1, -0.05) is 25.5 Å². The predicted octanol–water partition coefficient (Wildman–Crippen LogP) is 2.31. The molecular formula is C20H28N6OS. The summed E-state index contributed by atoms with van der Waals surface area (Å²) in [6.07, 6.45) is 3.90. The maximum Gasteiger partial charge on any atom is 0.251 e. The fourth-order valence-electron chi connectivity index (χ4n) is 3.01. The number of nitrogens with zero attached hydrogens (tertiary/aromatic N) is 4. The smallest absolute Gasteiger partial charge is 0.251 e. The van der Waals surface area contributed by atoms with Crippen LogP contribution in [0, 0.1) is 0 Å². The van der Waals surface area contributed by atoms with E-state index in [1.807, 2.05) is 35.8 Å². The Balaban J connectivity index is 1.47. The summed E-state index contributed by atoms with van der Waals surface area (Å²) in [6.45, 7) is 6.80. The highest BCUT2D eigenvalue weighted by Crippen LogP contribution is 2.18. The van der Waals surface area contributed by atoms with E-state index in [4.69, 9.17) is 5.73 Å². The molecule has 1 amide bonds. The molecule has 0 aliphatic carbocycles. The number of nitrogens with one attached hydrogen (secondary N) is 1. The molecular weight excluding hydrogens is 372 g/mol. The first-order valence-corrected chi connectivity index (χ1v) is 10.6. The van der Waals surface area contributed by atoms with E-state index in [1.54, 1.807) is 11.3 Å². The van der Waals surface area contributed by atoms with Crippen molar-refractivity contribution in [2.45, 2.75) is 26.3 Å². The summed E-state index contributed by atoms with van der Waals surface area (Å²) in [5, 5.41) is 5.99. The largest absolute Gasteiger partial charge is 0.370 e. The molecule has 1 saturated heterocycles. The standard InChI is InChI=1S/C20H28N6OS/c1-2-3-8-22-18(27)17-6-4-16(5-7-17)15-24-19(21)25-10-12-26(13-11-25)20-23-9-14-28-20/h4-7,9,14H,2-3,8,10-13,15H2,1H3,(H2,21,24)(H,22,27). The molecule has 1 aromatic heterocycles. The zero-order valence-corrected chi connectivity index (χ0v) is 17.1. The summed E-state index contributed by atoms with van der Waals surface area (Å²) in [5.74, 6) is 0.543. The second kappa shape index (κ2) is 10.1. The molecule has 150 valence electrons. The molecule has 1 aliphatic rings. The fourth-order valence-corrected chi connectivity index (χ4v) is 3.71. The summed E-state index contributed by atoms with van der Waals surface area (Å²) in [5.41, 5.74) is 7.90. The Morgan fingerprint density at radius 3 is 2.64 bits per heavy atom. The van der Waals surface area contributed by atoms with Crippen LogP contribution in [-0.4, -0.2) is 54.5 Å². The van der Waals surface area contributed by atoms with Crippen molar-refractivity contribution in [2.75, 3.05) is 37.6 Å². The lowest BCUT2D eigenvalue weighted by molar-refractivity contribution is 0.0953. The molecule has 0 saturated carbocycles. The molecule has 3 N–H and O–H groups in total. The maximum absolute atomic E-state index is 12.0. The Bertz CT molecular complexity index is 767. The summed E-state index contributed by atoms with van der Waals surface area (Å²) in [7, 11) is 0. The topological polar surface area (TPSA) is 86.8 Å². The zero-order valence-electron chi connectivity index (χ0n) is 16.3. The lowest BCUT2D eigenvalue weighted by Gasteiger charge is -2.35. The number of nitrogens with two attached hydrogens (primary N) is 1. The molecule has 2 aromatic rings. The maximum atomic E-state index is 12.0. The first-order chi connectivity index (χ1) is 13.7. The van der Waals surface area contributed by atoms with Crippen molar-refractivity contribution in [2.24, 2.45) is 10.7 Å². The quantitative estimate of drug-likeness (QED) is 0.423. The van der Waals surface area contributed by atoms with E-state index in [-0.39, 0.29) is 5.91 Å². The van der Waals surface area contributed by atoms with Crippen molar-refractivity contribution in [1.82, 2.24) is 15.2 Å². The van der Waals surface area contributed by atoms with Gasteiger partial charge in [0.2, 0.25) is 0 Å². The van der Waals surface area contributed by atoms with E-state index in [1.165, 1.54) is 0 Å². The molecule has 1 fully saturated rings. The van der Waals surface area contributed by atoms with Crippen molar-refractivity contribution in [1.29, 1.82) is 0 Å². The minimum absolute atomic E-state index is 0.0267. The summed E-state index contributed by atoms with van der Waals surface area (Å²) in [4.78, 5) is 25.3. The summed E-state index contributed by atoms with van der Waals surface area (Å²) < 4.78 is 0. The van der Waals surface area contributed by atoms with Crippen LogP contribution in [0.1, 0.15) is 35.7 Å². The van der Waals surface area contributed by atoms with Crippen LogP contribution in [0.2, 0.25) is 0 Å². The second-order valence-corrected chi connectivity index (χ2v) is 7.64. The molecule has 1 aliphatic heterocycles. The van der Waals surface area contributed by atoms with E-state index in [2.05, 4.69) is 32.0 Å². The van der Waals surface area contributed by atoms with Crippen molar-refractivity contribution >= 4 is 28.3 Å². The second-order valence-electron chi connectivity index (χ2n) is 6.77. The summed E-state index contributed by atoms with van der Waals surface area (Å²) >= 11 is 1.66. The number of thiazole rings is 1. The molecule has 7 nitrogen and oxygen atoms in total. The number of carbonyl (C=O) groups excluding carboxylic acids is 1. The van der Waals surface area contributed by atoms with E-state index < -0.39 is 0 Å². The molecule has 8 heteroatoms. The molecule has 3 rings (SSSR count). The van der Waals surface area contributed by atoms with Crippen LogP contribution in [0.5, 0.6) is 0 Å². The van der Waals surface area contributed by atoms with Gasteiger partial charge in [0.05, 0.1) is 6.54 Å². The van der Waals surface area contributed by atoms with Crippen molar-refractivity contribution in [3.8, 4) is 0 Å². The molecule has 0 radical (unpaired) electrons. The molecule has 0 spiro atoms. The van der Waals surface area contributed by atoms with Crippen LogP contribution in [-0.2, 0) is 6.54 Å². The van der Waals surface area contributed by atoms with E-state index in [0.29, 0.717) is 24.6 Å². The fraction of sp³-hybridized carbons (Fsp3) is 0.450. The minimum Gasteiger partial charge on any atom is -0.370 e. The molecule has 0 bridgehead atoms. The van der Waals surface area contributed by atoms with Crippen LogP contribution in [0.4, 0.5) is 5.13 Å². The molecule has 2 heterocycles. The first kappa shape index (κ1) is 20.1. The van der Waals surface area contributed by atoms with Crippen molar-refractivity contribution in [3.05, 3.63) is 47.0 Å². The first-order valence-electron chi connectivity index (χ1n) is 9.74. The molecule has 0 atom stereocenters. The molecule has 1 aromatic carbocycles. The number of carbonyl (C=O) groups is 1. The molecule has 0 unspecified atom stereocenters. The number of guanidine groups is 1. The Labute approximate surface area is 170 Å². The van der Waals surface area contributed by atoms with Gasteiger partial charge < -0.3 is 20.9 Å². The van der Waals surface area contributed by atoms with Crippen LogP contribution in [0.25, 0.3) is 0 Å². The van der Waals surface area contributed by atoms with Gasteiger partial charge in [-0.2, -0.15) is 0 Å². The predicted molar refractivity (Wildman–Crippen MR) is 115 cm³/mol. The van der Waals surface area contributed by atoms with E-state index >= 15 is 0 Å². The van der Waals surface area contributed by atoms with Gasteiger partial charge in [-0.05, 0) is 24.1 Å². The SMILES string of the molecule is CCCCNC(=O)c1ccc(CN=C(N)N2CCN(c3nccs3)CC2)cc1. The average molecular weight is 401 g/mol. The minimum atomic E-state index is -0.0267. The number of rotatable bonds is 7. The number of anilines is 1. The highest BCUT2D eigenvalue weighted by Gasteiger charge is 2.19. The van der Waals surface area contributed by atoms with Crippen LogP contribution in [0.3, 0.4) is 0 Å². The van der Waals surface area contributed by atoms with Gasteiger partial charge in [0, 0.05) is 49.9 Å². The van der Waals surface area contributed by atoms with Crippen LogP contribution >= 0.6 is 11.3 Å². The highest BCUT2D eigenvalue weighted by molar-refractivity contribution is 7.13. The highest BCUT2D eigenvalue weighted by atomic mass is 32.1. The molecule has 28 heavy (non-hydrogen) atoms. The Morgan fingerprint density at radius 1 is 1.25 bits per heavy atom. The van der Waals surface area contributed by atoms with Gasteiger partial charge in [-0.25, -0.2) is 9.98 Å². The van der Waals surface area contributed by atoms with Gasteiger partial charge >= 0.3 is 0 Å². The van der Waals surface area contributed by atoms with Gasteiger partial charge in [0.15, 0.2) is 11.1 Å². The number of amides is 1. The van der Waals surface area contributed by atoms with Crippen molar-refractivity contribution < 1.29 is 4.79 Å². The number of benzene rings is 1. The zero-order chi connectivity index (χ0) is 19.8. The number of hydrogen-bond donors (Lipinski definition) is 2. The van der Waals surface area contributed by atoms with Gasteiger partial charge in [-0.15, -0.1) is 11.3 Å². The van der Waals surface area contributed by atoms with Crippen LogP contribution < -0.4 is 16.0 Å². The Kier molecular flexibility index (Phi) is 7.25. The Hall–Kier alpha value is -2.61.